The second-order valence-corrected chi connectivity index (χ2v) is 7.55. The van der Waals surface area contributed by atoms with E-state index >= 15 is 0 Å². The molecule has 0 aromatic rings. The largest absolute Gasteiger partial charge is 0.391 e. The molecule has 2 fully saturated rings. The van der Waals surface area contributed by atoms with Gasteiger partial charge in [-0.3, -0.25) is 14.4 Å². The van der Waals surface area contributed by atoms with Crippen LogP contribution in [0.15, 0.2) is 24.3 Å². The third-order valence-corrected chi connectivity index (χ3v) is 5.39. The third kappa shape index (κ3) is 4.15. The van der Waals surface area contributed by atoms with Crippen molar-refractivity contribution in [2.24, 2.45) is 11.8 Å². The molecule has 7 nitrogen and oxygen atoms in total. The summed E-state index contributed by atoms with van der Waals surface area (Å²) >= 11 is 0. The number of likely N-dealkylation sites (tertiary alicyclic amines) is 1. The van der Waals surface area contributed by atoms with E-state index < -0.39 is 18.2 Å². The van der Waals surface area contributed by atoms with Crippen LogP contribution in [-0.2, 0) is 14.4 Å². The molecular formula is C19H27N3O4. The molecule has 1 aliphatic heterocycles. The van der Waals surface area contributed by atoms with Gasteiger partial charge in [-0.25, -0.2) is 0 Å². The van der Waals surface area contributed by atoms with Gasteiger partial charge in [0.15, 0.2) is 0 Å². The number of nitrogens with zero attached hydrogens (tertiary/aromatic N) is 1. The van der Waals surface area contributed by atoms with Crippen molar-refractivity contribution in [1.82, 2.24) is 15.5 Å². The van der Waals surface area contributed by atoms with Crippen LogP contribution in [0.25, 0.3) is 0 Å². The van der Waals surface area contributed by atoms with E-state index in [-0.39, 0.29) is 36.7 Å². The summed E-state index contributed by atoms with van der Waals surface area (Å²) in [6.45, 7) is 3.04. The Kier molecular flexibility index (Phi) is 5.46. The number of hydrogen-bond donors (Lipinski definition) is 3. The molecule has 1 saturated carbocycles. The summed E-state index contributed by atoms with van der Waals surface area (Å²) in [5.74, 6) is 0.0327. The van der Waals surface area contributed by atoms with Crippen LogP contribution in [0.5, 0.6) is 0 Å². The number of β-amino-alcohol motifs (C(OH)–C–C–N with tert-alkyl or cyclic N) is 1. The third-order valence-electron chi connectivity index (χ3n) is 5.39. The van der Waals surface area contributed by atoms with Crippen molar-refractivity contribution in [3.63, 3.8) is 0 Å². The first-order valence-corrected chi connectivity index (χ1v) is 9.26. The fraction of sp³-hybridized carbons (Fsp3) is 0.632. The fourth-order valence-electron chi connectivity index (χ4n) is 3.97. The summed E-state index contributed by atoms with van der Waals surface area (Å²) in [4.78, 5) is 37.8. The molecule has 0 radical (unpaired) electrons. The van der Waals surface area contributed by atoms with Crippen molar-refractivity contribution in [1.29, 1.82) is 0 Å². The Morgan fingerprint density at radius 3 is 2.65 bits per heavy atom. The summed E-state index contributed by atoms with van der Waals surface area (Å²) in [5.41, 5.74) is 0. The highest BCUT2D eigenvalue weighted by Gasteiger charge is 2.46. The van der Waals surface area contributed by atoms with Gasteiger partial charge in [0.1, 0.15) is 12.1 Å². The zero-order valence-corrected chi connectivity index (χ0v) is 15.2. The second kappa shape index (κ2) is 7.61. The van der Waals surface area contributed by atoms with Gasteiger partial charge in [0.2, 0.25) is 17.7 Å². The molecule has 0 spiro atoms. The number of carbonyl (C=O) groups excluding carboxylic acids is 3. The summed E-state index contributed by atoms with van der Waals surface area (Å²) in [6.07, 6.45) is 9.85. The van der Waals surface area contributed by atoms with Gasteiger partial charge in [0, 0.05) is 25.9 Å². The van der Waals surface area contributed by atoms with E-state index in [0.29, 0.717) is 11.8 Å². The van der Waals surface area contributed by atoms with Crippen LogP contribution in [0.1, 0.15) is 33.1 Å². The average molecular weight is 361 g/mol. The number of aliphatic hydroxyl groups is 1. The van der Waals surface area contributed by atoms with Crippen molar-refractivity contribution >= 4 is 17.7 Å². The van der Waals surface area contributed by atoms with E-state index in [1.807, 2.05) is 12.2 Å². The minimum absolute atomic E-state index is 0.116. The highest BCUT2D eigenvalue weighted by molar-refractivity contribution is 5.92. The van der Waals surface area contributed by atoms with Crippen LogP contribution in [0.4, 0.5) is 0 Å². The lowest BCUT2D eigenvalue weighted by molar-refractivity contribution is -0.141. The predicted molar refractivity (Wildman–Crippen MR) is 95.8 cm³/mol. The van der Waals surface area contributed by atoms with Crippen LogP contribution < -0.4 is 10.6 Å². The van der Waals surface area contributed by atoms with E-state index in [4.69, 9.17) is 0 Å². The lowest BCUT2D eigenvalue weighted by atomic mass is 9.95. The monoisotopic (exact) mass is 361 g/mol. The minimum Gasteiger partial charge on any atom is -0.391 e. The Morgan fingerprint density at radius 1 is 1.23 bits per heavy atom. The zero-order valence-electron chi connectivity index (χ0n) is 15.2. The van der Waals surface area contributed by atoms with Gasteiger partial charge >= 0.3 is 0 Å². The summed E-state index contributed by atoms with van der Waals surface area (Å²) in [5, 5.41) is 15.5. The van der Waals surface area contributed by atoms with Crippen LogP contribution in [0.3, 0.4) is 0 Å². The Balaban J connectivity index is 1.57. The van der Waals surface area contributed by atoms with Crippen LogP contribution >= 0.6 is 0 Å². The minimum atomic E-state index is -0.722. The maximum atomic E-state index is 12.7. The maximum absolute atomic E-state index is 12.7. The normalized spacial score (nSPS) is 33.7. The molecule has 3 amide bonds. The molecule has 7 heteroatoms. The van der Waals surface area contributed by atoms with Gasteiger partial charge in [-0.2, -0.15) is 0 Å². The Hall–Kier alpha value is -2.15. The Bertz CT molecular complexity index is 645. The number of rotatable bonds is 5. The van der Waals surface area contributed by atoms with Crippen molar-refractivity contribution in [3.05, 3.63) is 24.3 Å². The number of nitrogens with one attached hydrogen (secondary N) is 2. The molecule has 3 aliphatic rings. The molecule has 1 unspecified atom stereocenters. The summed E-state index contributed by atoms with van der Waals surface area (Å²) in [6, 6.07) is -1.27. The summed E-state index contributed by atoms with van der Waals surface area (Å²) in [7, 11) is 0. The van der Waals surface area contributed by atoms with Gasteiger partial charge in [0.25, 0.3) is 0 Å². The molecule has 3 rings (SSSR count). The molecule has 3 N–H and O–H groups in total. The summed E-state index contributed by atoms with van der Waals surface area (Å²) < 4.78 is 0. The zero-order chi connectivity index (χ0) is 18.8. The predicted octanol–water partition coefficient (Wildman–Crippen LogP) is 0.110. The number of carbonyl (C=O) groups is 3. The number of allylic oxidation sites excluding steroid dienone is 4. The lowest BCUT2D eigenvalue weighted by Gasteiger charge is -2.27. The first kappa shape index (κ1) is 18.6. The number of aliphatic hydroxyl groups excluding tert-OH is 1. The molecule has 0 aromatic heterocycles. The average Bonchev–Trinajstić information content (AvgIpc) is 3.25. The van der Waals surface area contributed by atoms with Crippen molar-refractivity contribution in [3.8, 4) is 0 Å². The Morgan fingerprint density at radius 2 is 2.00 bits per heavy atom. The topological polar surface area (TPSA) is 98.7 Å². The van der Waals surface area contributed by atoms with Crippen LogP contribution in [0, 0.1) is 11.8 Å². The molecule has 142 valence electrons. The molecule has 2 aliphatic carbocycles. The van der Waals surface area contributed by atoms with Crippen molar-refractivity contribution in [2.75, 3.05) is 6.54 Å². The standard InChI is InChI=1S/C19H27N3O4/c1-11(20-12(2)23)19(26)22-10-14(24)8-17(22)18(25)21-16-9-15(16)13-6-4-3-5-7-13/h3-6,11,13-17,24H,7-10H2,1-2H3,(H,20,23)(H,21,25)/t11-,13?,14+,15+,16-,17-/m0/s1. The van der Waals surface area contributed by atoms with Gasteiger partial charge < -0.3 is 20.6 Å². The molecule has 6 atom stereocenters. The van der Waals surface area contributed by atoms with E-state index in [1.165, 1.54) is 11.8 Å². The SMILES string of the molecule is CC(=O)N[C@@H](C)C(=O)N1C[C@H](O)C[C@H]1C(=O)N[C@H]1C[C@@H]1C1C=CC=CC1. The Labute approximate surface area is 153 Å². The van der Waals surface area contributed by atoms with E-state index in [1.54, 1.807) is 6.92 Å². The van der Waals surface area contributed by atoms with Crippen molar-refractivity contribution < 1.29 is 19.5 Å². The van der Waals surface area contributed by atoms with Crippen molar-refractivity contribution in [2.45, 2.75) is 57.3 Å². The molecular weight excluding hydrogens is 334 g/mol. The number of hydrogen-bond acceptors (Lipinski definition) is 4. The number of amides is 3. The molecule has 0 bridgehead atoms. The fourth-order valence-corrected chi connectivity index (χ4v) is 3.97. The van der Waals surface area contributed by atoms with E-state index in [9.17, 15) is 19.5 Å². The van der Waals surface area contributed by atoms with Gasteiger partial charge in [-0.05, 0) is 31.6 Å². The van der Waals surface area contributed by atoms with Gasteiger partial charge in [-0.1, -0.05) is 24.3 Å². The van der Waals surface area contributed by atoms with Crippen LogP contribution in [-0.4, -0.2) is 58.5 Å². The first-order chi connectivity index (χ1) is 12.4. The van der Waals surface area contributed by atoms with E-state index in [2.05, 4.69) is 22.8 Å². The molecule has 1 saturated heterocycles. The maximum Gasteiger partial charge on any atom is 0.245 e. The molecule has 1 heterocycles. The smallest absolute Gasteiger partial charge is 0.245 e. The molecule has 0 aromatic carbocycles. The highest BCUT2D eigenvalue weighted by Crippen LogP contribution is 2.41. The van der Waals surface area contributed by atoms with Crippen LogP contribution in [0.2, 0.25) is 0 Å². The quantitative estimate of drug-likeness (QED) is 0.647. The molecule has 26 heavy (non-hydrogen) atoms. The second-order valence-electron chi connectivity index (χ2n) is 7.55. The van der Waals surface area contributed by atoms with E-state index in [0.717, 1.165) is 12.8 Å². The highest BCUT2D eigenvalue weighted by atomic mass is 16.3. The van der Waals surface area contributed by atoms with Gasteiger partial charge in [-0.15, -0.1) is 0 Å². The van der Waals surface area contributed by atoms with Gasteiger partial charge in [0.05, 0.1) is 6.10 Å². The first-order valence-electron chi connectivity index (χ1n) is 9.26. The lowest BCUT2D eigenvalue weighted by Crippen LogP contribution is -2.52.